The van der Waals surface area contributed by atoms with E-state index in [-0.39, 0.29) is 16.7 Å². The van der Waals surface area contributed by atoms with E-state index in [1.54, 1.807) is 12.1 Å². The molecule has 0 aromatic heterocycles. The molecular formula is C23H31N3O4S. The predicted octanol–water partition coefficient (Wildman–Crippen LogP) is 1.83. The van der Waals surface area contributed by atoms with Gasteiger partial charge in [-0.15, -0.1) is 0 Å². The van der Waals surface area contributed by atoms with Crippen LogP contribution >= 0.6 is 0 Å². The first-order valence-electron chi connectivity index (χ1n) is 10.7. The molecule has 3 rings (SSSR count). The van der Waals surface area contributed by atoms with Gasteiger partial charge in [0.1, 0.15) is 0 Å². The number of sulfonamides is 1. The van der Waals surface area contributed by atoms with Crippen LogP contribution in [0.15, 0.2) is 59.5 Å². The highest BCUT2D eigenvalue weighted by atomic mass is 32.2. The second-order valence-corrected chi connectivity index (χ2v) is 9.63. The summed E-state index contributed by atoms with van der Waals surface area (Å²) in [6.45, 7) is 2.98. The van der Waals surface area contributed by atoms with Crippen molar-refractivity contribution in [3.8, 4) is 0 Å². The van der Waals surface area contributed by atoms with Crippen LogP contribution in [0.1, 0.15) is 36.5 Å². The second kappa shape index (κ2) is 10.9. The molecule has 1 amide bonds. The Bertz CT molecular complexity index is 941. The Morgan fingerprint density at radius 2 is 1.74 bits per heavy atom. The predicted molar refractivity (Wildman–Crippen MR) is 120 cm³/mol. The summed E-state index contributed by atoms with van der Waals surface area (Å²) < 4.78 is 22.5. The van der Waals surface area contributed by atoms with E-state index in [2.05, 4.69) is 10.2 Å². The van der Waals surface area contributed by atoms with E-state index in [4.69, 9.17) is 5.14 Å². The number of aliphatic hydroxyl groups excluding tert-OH is 1. The maximum absolute atomic E-state index is 12.1. The van der Waals surface area contributed by atoms with Crippen molar-refractivity contribution < 1.29 is 18.3 Å². The molecule has 1 heterocycles. The van der Waals surface area contributed by atoms with E-state index < -0.39 is 16.1 Å². The van der Waals surface area contributed by atoms with Crippen LogP contribution in [0.3, 0.4) is 0 Å². The minimum Gasteiger partial charge on any atom is -0.388 e. The van der Waals surface area contributed by atoms with Crippen molar-refractivity contribution >= 4 is 15.9 Å². The third kappa shape index (κ3) is 7.14. The molecule has 1 aliphatic rings. The van der Waals surface area contributed by atoms with Crippen molar-refractivity contribution in [3.63, 3.8) is 0 Å². The molecule has 1 unspecified atom stereocenters. The zero-order valence-corrected chi connectivity index (χ0v) is 18.4. The van der Waals surface area contributed by atoms with Crippen LogP contribution in [0, 0.1) is 5.92 Å². The van der Waals surface area contributed by atoms with Gasteiger partial charge >= 0.3 is 0 Å². The quantitative estimate of drug-likeness (QED) is 0.545. The molecule has 2 aromatic rings. The number of nitrogens with one attached hydrogen (secondary N) is 1. The number of benzene rings is 2. The molecule has 7 nitrogen and oxygen atoms in total. The minimum atomic E-state index is -3.68. The fraction of sp³-hybridized carbons (Fsp3) is 0.435. The second-order valence-electron chi connectivity index (χ2n) is 8.07. The van der Waals surface area contributed by atoms with Crippen LogP contribution in [0.5, 0.6) is 0 Å². The first-order chi connectivity index (χ1) is 14.8. The van der Waals surface area contributed by atoms with Crippen molar-refractivity contribution in [2.24, 2.45) is 11.1 Å². The molecule has 2 aromatic carbocycles. The fourth-order valence-electron chi connectivity index (χ4n) is 3.95. The highest BCUT2D eigenvalue weighted by molar-refractivity contribution is 7.89. The van der Waals surface area contributed by atoms with Gasteiger partial charge in [-0.3, -0.25) is 4.79 Å². The van der Waals surface area contributed by atoms with Gasteiger partial charge in [0.05, 0.1) is 11.0 Å². The molecule has 1 saturated heterocycles. The van der Waals surface area contributed by atoms with Gasteiger partial charge in [0.25, 0.3) is 0 Å². The number of carbonyl (C=O) groups excluding carboxylic acids is 1. The zero-order chi connectivity index (χ0) is 22.3. The van der Waals surface area contributed by atoms with Crippen molar-refractivity contribution in [1.82, 2.24) is 10.2 Å². The Hall–Kier alpha value is -2.26. The van der Waals surface area contributed by atoms with Crippen LogP contribution in [-0.4, -0.2) is 50.5 Å². The van der Waals surface area contributed by atoms with E-state index >= 15 is 0 Å². The summed E-state index contributed by atoms with van der Waals surface area (Å²) in [7, 11) is -3.68. The third-order valence-electron chi connectivity index (χ3n) is 5.86. The van der Waals surface area contributed by atoms with Gasteiger partial charge in [-0.1, -0.05) is 42.5 Å². The average Bonchev–Trinajstić information content (AvgIpc) is 2.78. The number of aliphatic hydroxyl groups is 1. The number of nitrogens with two attached hydrogens (primary N) is 1. The fourth-order valence-corrected chi connectivity index (χ4v) is 4.47. The average molecular weight is 446 g/mol. The van der Waals surface area contributed by atoms with Gasteiger partial charge in [-0.25, -0.2) is 13.6 Å². The summed E-state index contributed by atoms with van der Waals surface area (Å²) in [5, 5.41) is 18.6. The van der Waals surface area contributed by atoms with E-state index in [1.807, 2.05) is 30.3 Å². The highest BCUT2D eigenvalue weighted by Gasteiger charge is 2.26. The topological polar surface area (TPSA) is 113 Å². The molecule has 0 spiro atoms. The first-order valence-corrected chi connectivity index (χ1v) is 12.2. The van der Waals surface area contributed by atoms with Gasteiger partial charge in [-0.2, -0.15) is 0 Å². The maximum atomic E-state index is 12.1. The van der Waals surface area contributed by atoms with Crippen molar-refractivity contribution in [2.45, 2.75) is 36.7 Å². The van der Waals surface area contributed by atoms with E-state index in [1.165, 1.54) is 12.1 Å². The number of carbonyl (C=O) groups is 1. The Kier molecular flexibility index (Phi) is 8.20. The maximum Gasteiger partial charge on any atom is 0.238 e. The Balaban J connectivity index is 1.32. The monoisotopic (exact) mass is 445 g/mol. The molecule has 168 valence electrons. The van der Waals surface area contributed by atoms with Gasteiger partial charge in [-0.05, 0) is 61.5 Å². The molecule has 31 heavy (non-hydrogen) atoms. The highest BCUT2D eigenvalue weighted by Crippen LogP contribution is 2.30. The number of piperidine rings is 1. The van der Waals surface area contributed by atoms with Crippen molar-refractivity contribution in [1.29, 1.82) is 0 Å². The molecule has 0 saturated carbocycles. The van der Waals surface area contributed by atoms with Crippen LogP contribution < -0.4 is 10.5 Å². The van der Waals surface area contributed by atoms with Gasteiger partial charge in [0.15, 0.2) is 0 Å². The number of hydrogen-bond donors (Lipinski definition) is 3. The number of hydrogen-bond acceptors (Lipinski definition) is 5. The summed E-state index contributed by atoms with van der Waals surface area (Å²) in [6.07, 6.45) is 2.49. The molecule has 0 aliphatic carbocycles. The Morgan fingerprint density at radius 1 is 1.10 bits per heavy atom. The molecule has 1 aliphatic heterocycles. The van der Waals surface area contributed by atoms with Gasteiger partial charge < -0.3 is 15.3 Å². The lowest BCUT2D eigenvalue weighted by Gasteiger charge is -2.34. The van der Waals surface area contributed by atoms with Crippen LogP contribution in [0.4, 0.5) is 0 Å². The molecule has 0 radical (unpaired) electrons. The molecular weight excluding hydrogens is 414 g/mol. The normalized spacial score (nSPS) is 16.7. The van der Waals surface area contributed by atoms with Gasteiger partial charge in [0, 0.05) is 19.5 Å². The minimum absolute atomic E-state index is 0.00704. The summed E-state index contributed by atoms with van der Waals surface area (Å²) in [5.74, 6) is 0.265. The van der Waals surface area contributed by atoms with E-state index in [0.717, 1.165) is 37.1 Å². The largest absolute Gasteiger partial charge is 0.388 e. The Labute approximate surface area is 184 Å². The summed E-state index contributed by atoms with van der Waals surface area (Å²) in [6, 6.07) is 16.2. The van der Waals surface area contributed by atoms with Crippen LogP contribution in [0.25, 0.3) is 0 Å². The number of amides is 1. The molecule has 1 atom stereocenters. The number of nitrogens with zero attached hydrogens (tertiary/aromatic N) is 1. The SMILES string of the molecule is NS(=O)(=O)c1ccc(CCNC(=O)CCN2CCC(C(O)c3ccccc3)CC2)cc1. The van der Waals surface area contributed by atoms with Crippen LogP contribution in [0.2, 0.25) is 0 Å². The first kappa shape index (κ1) is 23.4. The van der Waals surface area contributed by atoms with Crippen molar-refractivity contribution in [3.05, 3.63) is 65.7 Å². The number of primary sulfonamides is 1. The third-order valence-corrected chi connectivity index (χ3v) is 6.79. The summed E-state index contributed by atoms with van der Waals surface area (Å²) >= 11 is 0. The van der Waals surface area contributed by atoms with Crippen molar-refractivity contribution in [2.75, 3.05) is 26.2 Å². The lowest BCUT2D eigenvalue weighted by molar-refractivity contribution is -0.121. The standard InChI is InChI=1S/C23H31N3O4S/c24-31(29,30)21-8-6-18(7-9-21)10-14-25-22(27)13-17-26-15-11-20(12-16-26)23(28)19-4-2-1-3-5-19/h1-9,20,23,28H,10-17H2,(H,25,27)(H2,24,29,30). The van der Waals surface area contributed by atoms with Gasteiger partial charge in [0.2, 0.25) is 15.9 Å². The molecule has 8 heteroatoms. The number of rotatable bonds is 9. The number of likely N-dealkylation sites (tertiary alicyclic amines) is 1. The lowest BCUT2D eigenvalue weighted by atomic mass is 9.87. The molecule has 1 fully saturated rings. The Morgan fingerprint density at radius 3 is 2.35 bits per heavy atom. The zero-order valence-electron chi connectivity index (χ0n) is 17.6. The van der Waals surface area contributed by atoms with Crippen LogP contribution in [-0.2, 0) is 21.2 Å². The summed E-state index contributed by atoms with van der Waals surface area (Å²) in [5.41, 5.74) is 1.91. The smallest absolute Gasteiger partial charge is 0.238 e. The molecule has 0 bridgehead atoms. The summed E-state index contributed by atoms with van der Waals surface area (Å²) in [4.78, 5) is 14.5. The van der Waals surface area contributed by atoms with E-state index in [9.17, 15) is 18.3 Å². The lowest BCUT2D eigenvalue weighted by Crippen LogP contribution is -2.38. The van der Waals surface area contributed by atoms with E-state index in [0.29, 0.717) is 25.9 Å². The molecule has 4 N–H and O–H groups in total.